The minimum atomic E-state index is 0.305. The summed E-state index contributed by atoms with van der Waals surface area (Å²) in [6.07, 6.45) is 2.00. The molecule has 2 aliphatic rings. The topological polar surface area (TPSA) is 49.9 Å². The van der Waals surface area contributed by atoms with Crippen LogP contribution in [0.2, 0.25) is 0 Å². The molecule has 4 rings (SSSR count). The molecule has 2 saturated heterocycles. The summed E-state index contributed by atoms with van der Waals surface area (Å²) in [5.74, 6) is 1.77. The molecule has 0 amide bonds. The highest BCUT2D eigenvalue weighted by molar-refractivity contribution is 5.54. The molecule has 0 radical (unpaired) electrons. The van der Waals surface area contributed by atoms with Crippen molar-refractivity contribution in [3.63, 3.8) is 0 Å². The van der Waals surface area contributed by atoms with Crippen LogP contribution in [0.4, 0.5) is 5.82 Å². The highest BCUT2D eigenvalue weighted by Crippen LogP contribution is 2.30. The Morgan fingerprint density at radius 1 is 1.28 bits per heavy atom. The Morgan fingerprint density at radius 2 is 2.14 bits per heavy atom. The van der Waals surface area contributed by atoms with Crippen molar-refractivity contribution in [3.05, 3.63) is 53.2 Å². The number of hydrogen-bond acceptors (Lipinski definition) is 6. The zero-order valence-corrected chi connectivity index (χ0v) is 17.7. The van der Waals surface area contributed by atoms with Crippen LogP contribution in [0.25, 0.3) is 0 Å². The number of ether oxygens (including phenoxy) is 2. The van der Waals surface area contributed by atoms with E-state index >= 15 is 0 Å². The molecule has 156 valence electrons. The number of methoxy groups -OCH3 is 1. The first-order valence-corrected chi connectivity index (χ1v) is 10.5. The second-order valence-corrected chi connectivity index (χ2v) is 8.09. The molecule has 2 fully saturated rings. The Morgan fingerprint density at radius 3 is 2.93 bits per heavy atom. The monoisotopic (exact) mass is 396 g/mol. The molecule has 2 aliphatic heterocycles. The summed E-state index contributed by atoms with van der Waals surface area (Å²) in [5, 5.41) is 3.67. The molecule has 6 nitrogen and oxygen atoms in total. The molecule has 6 heteroatoms. The van der Waals surface area contributed by atoms with Crippen molar-refractivity contribution in [1.82, 2.24) is 15.2 Å². The first-order chi connectivity index (χ1) is 14.2. The number of pyridine rings is 1. The van der Waals surface area contributed by atoms with Crippen LogP contribution in [0.5, 0.6) is 5.75 Å². The van der Waals surface area contributed by atoms with Gasteiger partial charge < -0.3 is 19.7 Å². The lowest BCUT2D eigenvalue weighted by Crippen LogP contribution is -2.45. The molecular formula is C23H32N4O2. The van der Waals surface area contributed by atoms with Gasteiger partial charge in [0.25, 0.3) is 0 Å². The van der Waals surface area contributed by atoms with Crippen LogP contribution in [-0.4, -0.2) is 62.4 Å². The van der Waals surface area contributed by atoms with E-state index in [9.17, 15) is 0 Å². The average Bonchev–Trinajstić information content (AvgIpc) is 2.75. The SMILES string of the molecule is COc1cc(CN2CCN[C@H](c3ccccc3C)C2)cnc1N1CCOC[C@H]1C. The summed E-state index contributed by atoms with van der Waals surface area (Å²) in [4.78, 5) is 9.57. The number of aromatic nitrogens is 1. The van der Waals surface area contributed by atoms with E-state index in [0.717, 1.165) is 57.5 Å². The van der Waals surface area contributed by atoms with Crippen molar-refractivity contribution in [2.45, 2.75) is 32.5 Å². The maximum atomic E-state index is 5.71. The van der Waals surface area contributed by atoms with Gasteiger partial charge in [-0.3, -0.25) is 4.90 Å². The van der Waals surface area contributed by atoms with Gasteiger partial charge in [0.05, 0.1) is 26.4 Å². The van der Waals surface area contributed by atoms with Crippen LogP contribution in [0, 0.1) is 6.92 Å². The third-order valence-electron chi connectivity index (χ3n) is 5.98. The van der Waals surface area contributed by atoms with E-state index in [4.69, 9.17) is 14.5 Å². The summed E-state index contributed by atoms with van der Waals surface area (Å²) < 4.78 is 11.3. The van der Waals surface area contributed by atoms with Gasteiger partial charge in [0.15, 0.2) is 11.6 Å². The predicted molar refractivity (Wildman–Crippen MR) is 116 cm³/mol. The summed E-state index contributed by atoms with van der Waals surface area (Å²) in [6, 6.07) is 11.5. The number of nitrogens with one attached hydrogen (secondary N) is 1. The van der Waals surface area contributed by atoms with E-state index < -0.39 is 0 Å². The number of hydrogen-bond donors (Lipinski definition) is 1. The van der Waals surface area contributed by atoms with Crippen molar-refractivity contribution in [3.8, 4) is 5.75 Å². The van der Waals surface area contributed by atoms with Gasteiger partial charge in [-0.05, 0) is 36.6 Å². The summed E-state index contributed by atoms with van der Waals surface area (Å²) in [5.41, 5.74) is 3.93. The zero-order valence-electron chi connectivity index (χ0n) is 17.7. The van der Waals surface area contributed by atoms with Crippen molar-refractivity contribution in [2.24, 2.45) is 0 Å². The van der Waals surface area contributed by atoms with E-state index in [2.05, 4.69) is 59.3 Å². The van der Waals surface area contributed by atoms with Gasteiger partial charge >= 0.3 is 0 Å². The molecule has 2 atom stereocenters. The average molecular weight is 397 g/mol. The minimum Gasteiger partial charge on any atom is -0.493 e. The molecule has 1 N–H and O–H groups in total. The normalized spacial score (nSPS) is 23.2. The van der Waals surface area contributed by atoms with Crippen LogP contribution >= 0.6 is 0 Å². The van der Waals surface area contributed by atoms with Gasteiger partial charge in [0, 0.05) is 45.0 Å². The summed E-state index contributed by atoms with van der Waals surface area (Å²) in [6.45, 7) is 10.6. The molecule has 3 heterocycles. The zero-order chi connectivity index (χ0) is 20.2. The van der Waals surface area contributed by atoms with Crippen molar-refractivity contribution in [2.75, 3.05) is 51.4 Å². The Balaban J connectivity index is 1.47. The second kappa shape index (κ2) is 9.11. The van der Waals surface area contributed by atoms with E-state index in [-0.39, 0.29) is 0 Å². The van der Waals surface area contributed by atoms with Crippen LogP contribution in [0.1, 0.15) is 29.7 Å². The third-order valence-corrected chi connectivity index (χ3v) is 5.98. The summed E-state index contributed by atoms with van der Waals surface area (Å²) in [7, 11) is 1.73. The fourth-order valence-electron chi connectivity index (χ4n) is 4.37. The van der Waals surface area contributed by atoms with Crippen molar-refractivity contribution < 1.29 is 9.47 Å². The molecule has 0 bridgehead atoms. The number of morpholine rings is 1. The molecule has 2 aromatic rings. The lowest BCUT2D eigenvalue weighted by atomic mass is 9.99. The highest BCUT2D eigenvalue weighted by atomic mass is 16.5. The Labute approximate surface area is 173 Å². The third kappa shape index (κ3) is 4.55. The lowest BCUT2D eigenvalue weighted by molar-refractivity contribution is 0.0982. The molecule has 0 spiro atoms. The predicted octanol–water partition coefficient (Wildman–Crippen LogP) is 2.77. The number of anilines is 1. The standard InChI is InChI=1S/C23H32N4O2/c1-17-6-4-5-7-20(17)21-15-26(9-8-24-21)14-19-12-22(28-3)23(25-13-19)27-10-11-29-16-18(27)2/h4-7,12-13,18,21,24H,8-11,14-16H2,1-3H3/t18-,21+/m1/s1. The van der Waals surface area contributed by atoms with E-state index in [1.54, 1.807) is 7.11 Å². The summed E-state index contributed by atoms with van der Waals surface area (Å²) >= 11 is 0. The fourth-order valence-corrected chi connectivity index (χ4v) is 4.37. The number of rotatable bonds is 5. The van der Waals surface area contributed by atoms with Gasteiger partial charge in [-0.15, -0.1) is 0 Å². The first kappa shape index (κ1) is 20.1. The van der Waals surface area contributed by atoms with Crippen LogP contribution in [0.15, 0.2) is 36.5 Å². The van der Waals surface area contributed by atoms with E-state index in [1.807, 2.05) is 6.20 Å². The van der Waals surface area contributed by atoms with E-state index in [0.29, 0.717) is 12.1 Å². The van der Waals surface area contributed by atoms with Gasteiger partial charge in [0.1, 0.15) is 0 Å². The molecular weight excluding hydrogens is 364 g/mol. The quantitative estimate of drug-likeness (QED) is 0.839. The molecule has 0 aliphatic carbocycles. The largest absolute Gasteiger partial charge is 0.493 e. The molecule has 1 aromatic carbocycles. The number of aryl methyl sites for hydroxylation is 1. The van der Waals surface area contributed by atoms with Gasteiger partial charge in [-0.25, -0.2) is 4.98 Å². The second-order valence-electron chi connectivity index (χ2n) is 8.09. The molecule has 1 aromatic heterocycles. The number of piperazine rings is 1. The fraction of sp³-hybridized carbons (Fsp3) is 0.522. The highest BCUT2D eigenvalue weighted by Gasteiger charge is 2.25. The smallest absolute Gasteiger partial charge is 0.171 e. The maximum absolute atomic E-state index is 5.71. The Bertz CT molecular complexity index is 828. The molecule has 0 unspecified atom stereocenters. The molecule has 0 saturated carbocycles. The van der Waals surface area contributed by atoms with Gasteiger partial charge in [0.2, 0.25) is 0 Å². The van der Waals surface area contributed by atoms with Crippen molar-refractivity contribution >= 4 is 5.82 Å². The van der Waals surface area contributed by atoms with Crippen molar-refractivity contribution in [1.29, 1.82) is 0 Å². The van der Waals surface area contributed by atoms with E-state index in [1.165, 1.54) is 16.7 Å². The van der Waals surface area contributed by atoms with Crippen LogP contribution in [-0.2, 0) is 11.3 Å². The first-order valence-electron chi connectivity index (χ1n) is 10.5. The number of benzene rings is 1. The Hall–Kier alpha value is -2.15. The molecule has 29 heavy (non-hydrogen) atoms. The number of nitrogens with zero attached hydrogens (tertiary/aromatic N) is 3. The van der Waals surface area contributed by atoms with Crippen LogP contribution in [0.3, 0.4) is 0 Å². The maximum Gasteiger partial charge on any atom is 0.171 e. The van der Waals surface area contributed by atoms with Gasteiger partial charge in [-0.2, -0.15) is 0 Å². The van der Waals surface area contributed by atoms with Gasteiger partial charge in [-0.1, -0.05) is 24.3 Å². The Kier molecular flexibility index (Phi) is 6.33. The lowest BCUT2D eigenvalue weighted by Gasteiger charge is -2.36. The van der Waals surface area contributed by atoms with Crippen LogP contribution < -0.4 is 15.0 Å². The minimum absolute atomic E-state index is 0.305.